The number of hydrogen-bond acceptors (Lipinski definition) is 1. The summed E-state index contributed by atoms with van der Waals surface area (Å²) in [7, 11) is -2.03. The first kappa shape index (κ1) is 18.7. The SMILES string of the molecule is CC(C)N(C(=O)[Si](C(C)C)(C(C)C)C(C)C)C(C)C. The monoisotopic (exact) mass is 285 g/mol. The molecule has 3 heteroatoms. The summed E-state index contributed by atoms with van der Waals surface area (Å²) in [6, 6.07) is 0.575. The summed E-state index contributed by atoms with van der Waals surface area (Å²) in [5.41, 5.74) is 1.93. The topological polar surface area (TPSA) is 20.3 Å². The second kappa shape index (κ2) is 6.92. The smallest absolute Gasteiger partial charge is 0.196 e. The van der Waals surface area contributed by atoms with Gasteiger partial charge in [-0.2, -0.15) is 0 Å². The van der Waals surface area contributed by atoms with E-state index in [0.29, 0.717) is 22.2 Å². The Hall–Kier alpha value is -0.313. The normalized spacial score (nSPS) is 13.2. The first-order valence-corrected chi connectivity index (χ1v) is 10.1. The average Bonchev–Trinajstić information content (AvgIpc) is 2.13. The zero-order valence-corrected chi connectivity index (χ0v) is 15.7. The van der Waals surface area contributed by atoms with Crippen LogP contribution in [0, 0.1) is 0 Å². The molecule has 0 saturated heterocycles. The van der Waals surface area contributed by atoms with Crippen LogP contribution in [-0.4, -0.2) is 30.6 Å². The Morgan fingerprint density at radius 3 is 1.11 bits per heavy atom. The van der Waals surface area contributed by atoms with Crippen molar-refractivity contribution in [2.24, 2.45) is 0 Å². The highest BCUT2D eigenvalue weighted by molar-refractivity contribution is 7.08. The summed E-state index contributed by atoms with van der Waals surface area (Å²) in [6.45, 7) is 22.1. The molecule has 0 unspecified atom stereocenters. The van der Waals surface area contributed by atoms with E-state index in [1.165, 1.54) is 0 Å². The zero-order chi connectivity index (χ0) is 15.5. The highest BCUT2D eigenvalue weighted by atomic mass is 28.3. The lowest BCUT2D eigenvalue weighted by Crippen LogP contribution is -2.61. The molecule has 0 aromatic carbocycles. The first-order chi connectivity index (χ1) is 8.51. The molecule has 0 aliphatic heterocycles. The van der Waals surface area contributed by atoms with Crippen LogP contribution in [-0.2, 0) is 0 Å². The van der Waals surface area contributed by atoms with Gasteiger partial charge in [-0.25, -0.2) is 0 Å². The van der Waals surface area contributed by atoms with Crippen LogP contribution in [0.5, 0.6) is 0 Å². The van der Waals surface area contributed by atoms with E-state index in [0.717, 1.165) is 0 Å². The van der Waals surface area contributed by atoms with Crippen molar-refractivity contribution in [3.05, 3.63) is 0 Å². The lowest BCUT2D eigenvalue weighted by Gasteiger charge is -2.46. The zero-order valence-electron chi connectivity index (χ0n) is 14.7. The van der Waals surface area contributed by atoms with Crippen LogP contribution < -0.4 is 0 Å². The molecule has 0 aromatic rings. The summed E-state index contributed by atoms with van der Waals surface area (Å²) < 4.78 is 0. The molecule has 2 nitrogen and oxygen atoms in total. The highest BCUT2D eigenvalue weighted by Crippen LogP contribution is 2.43. The maximum Gasteiger partial charge on any atom is 0.196 e. The summed E-state index contributed by atoms with van der Waals surface area (Å²) in [4.78, 5) is 15.5. The number of hydrogen-bond donors (Lipinski definition) is 0. The predicted molar refractivity (Wildman–Crippen MR) is 88.6 cm³/mol. The van der Waals surface area contributed by atoms with Gasteiger partial charge >= 0.3 is 0 Å². The van der Waals surface area contributed by atoms with Gasteiger partial charge in [-0.3, -0.25) is 4.79 Å². The van der Waals surface area contributed by atoms with Crippen LogP contribution in [0.3, 0.4) is 0 Å². The molecule has 0 aliphatic carbocycles. The fourth-order valence-electron chi connectivity index (χ4n) is 4.03. The molecular formula is C16H35NOSi. The Balaban J connectivity index is 5.80. The molecule has 0 fully saturated rings. The minimum atomic E-state index is -2.03. The molecule has 0 N–H and O–H groups in total. The van der Waals surface area contributed by atoms with Crippen molar-refractivity contribution in [3.63, 3.8) is 0 Å². The van der Waals surface area contributed by atoms with Gasteiger partial charge in [0.25, 0.3) is 0 Å². The molecule has 1 amide bonds. The molecule has 0 bridgehead atoms. The summed E-state index contributed by atoms with van der Waals surface area (Å²) in [6.07, 6.45) is 0. The second-order valence-corrected chi connectivity index (χ2v) is 13.1. The summed E-state index contributed by atoms with van der Waals surface area (Å²) in [5.74, 6) is 0. The maximum atomic E-state index is 13.4. The Labute approximate surface area is 122 Å². The van der Waals surface area contributed by atoms with Gasteiger partial charge < -0.3 is 4.90 Å². The standard InChI is InChI=1S/C16H35NOSi/c1-11(2)17(12(3)4)16(18)19(13(5)6,14(7)8)15(9)10/h11-15H,1-10H3. The van der Waals surface area contributed by atoms with E-state index >= 15 is 0 Å². The van der Waals surface area contributed by atoms with Gasteiger partial charge in [0.05, 0.1) is 0 Å². The molecule has 0 radical (unpaired) electrons. The molecule has 19 heavy (non-hydrogen) atoms. The number of carbonyl (C=O) groups is 1. The van der Waals surface area contributed by atoms with Crippen LogP contribution in [0.15, 0.2) is 0 Å². The summed E-state index contributed by atoms with van der Waals surface area (Å²) in [5, 5.41) is 0. The molecule has 0 aliphatic rings. The fraction of sp³-hybridized carbons (Fsp3) is 0.938. The van der Waals surface area contributed by atoms with Crippen molar-refractivity contribution in [2.45, 2.75) is 97.9 Å². The molecule has 0 spiro atoms. The average molecular weight is 286 g/mol. The van der Waals surface area contributed by atoms with Crippen LogP contribution in [0.1, 0.15) is 69.2 Å². The van der Waals surface area contributed by atoms with E-state index in [-0.39, 0.29) is 12.1 Å². The van der Waals surface area contributed by atoms with E-state index in [4.69, 9.17) is 0 Å². The van der Waals surface area contributed by atoms with Crippen molar-refractivity contribution in [1.82, 2.24) is 4.90 Å². The minimum absolute atomic E-state index is 0.288. The molecule has 0 atom stereocenters. The van der Waals surface area contributed by atoms with Gasteiger partial charge in [0.2, 0.25) is 0 Å². The number of rotatable bonds is 6. The third kappa shape index (κ3) is 3.42. The second-order valence-electron chi connectivity index (χ2n) is 7.30. The predicted octanol–water partition coefficient (Wildman–Crippen LogP) is 5.49. The van der Waals surface area contributed by atoms with Crippen LogP contribution >= 0.6 is 0 Å². The van der Waals surface area contributed by atoms with Gasteiger partial charge in [0.15, 0.2) is 13.6 Å². The minimum Gasteiger partial charge on any atom is -0.342 e. The van der Waals surface area contributed by atoms with Crippen molar-refractivity contribution in [1.29, 1.82) is 0 Å². The number of nitrogens with zero attached hydrogens (tertiary/aromatic N) is 1. The molecule has 0 saturated carbocycles. The lowest BCUT2D eigenvalue weighted by molar-refractivity contribution is 0.184. The van der Waals surface area contributed by atoms with Crippen LogP contribution in [0.25, 0.3) is 0 Å². The highest BCUT2D eigenvalue weighted by Gasteiger charge is 2.52. The largest absolute Gasteiger partial charge is 0.342 e. The first-order valence-electron chi connectivity index (χ1n) is 7.83. The van der Waals surface area contributed by atoms with Crippen molar-refractivity contribution < 1.29 is 4.79 Å². The van der Waals surface area contributed by atoms with Crippen molar-refractivity contribution >= 4 is 13.6 Å². The fourth-order valence-corrected chi connectivity index (χ4v) is 10.5. The van der Waals surface area contributed by atoms with Crippen molar-refractivity contribution in [3.8, 4) is 0 Å². The molecular weight excluding hydrogens is 250 g/mol. The van der Waals surface area contributed by atoms with Crippen LogP contribution in [0.4, 0.5) is 4.79 Å². The van der Waals surface area contributed by atoms with E-state index in [1.54, 1.807) is 0 Å². The summed E-state index contributed by atoms with van der Waals surface area (Å²) >= 11 is 0. The van der Waals surface area contributed by atoms with E-state index < -0.39 is 8.07 Å². The van der Waals surface area contributed by atoms with Crippen molar-refractivity contribution in [2.75, 3.05) is 0 Å². The van der Waals surface area contributed by atoms with Gasteiger partial charge in [-0.15, -0.1) is 0 Å². The third-order valence-corrected chi connectivity index (χ3v) is 11.3. The van der Waals surface area contributed by atoms with E-state index in [2.05, 4.69) is 74.1 Å². The third-order valence-electron chi connectivity index (χ3n) is 4.58. The molecule has 114 valence electrons. The molecule has 0 rings (SSSR count). The Bertz CT molecular complexity index is 265. The van der Waals surface area contributed by atoms with E-state index in [9.17, 15) is 4.79 Å². The quantitative estimate of drug-likeness (QED) is 0.591. The van der Waals surface area contributed by atoms with E-state index in [1.807, 2.05) is 0 Å². The van der Waals surface area contributed by atoms with Gasteiger partial charge in [0.1, 0.15) is 0 Å². The van der Waals surface area contributed by atoms with Crippen LogP contribution in [0.2, 0.25) is 16.6 Å². The van der Waals surface area contributed by atoms with Gasteiger partial charge in [0, 0.05) is 12.1 Å². The number of carbonyl (C=O) groups excluding carboxylic acids is 1. The lowest BCUT2D eigenvalue weighted by atomic mass is 10.2. The Morgan fingerprint density at radius 1 is 0.684 bits per heavy atom. The van der Waals surface area contributed by atoms with Gasteiger partial charge in [-0.05, 0) is 44.3 Å². The Kier molecular flexibility index (Phi) is 6.80. The maximum absolute atomic E-state index is 13.4. The number of amides is 1. The molecule has 0 aromatic heterocycles. The Morgan fingerprint density at radius 2 is 0.947 bits per heavy atom. The van der Waals surface area contributed by atoms with Gasteiger partial charge in [-0.1, -0.05) is 41.5 Å². The molecule has 0 heterocycles.